The van der Waals surface area contributed by atoms with Crippen molar-refractivity contribution in [2.75, 3.05) is 25.1 Å². The number of ether oxygens (including phenoxy) is 1. The van der Waals surface area contributed by atoms with Gasteiger partial charge in [0.2, 0.25) is 0 Å². The molecule has 1 aliphatic rings. The van der Waals surface area contributed by atoms with Crippen LogP contribution < -0.4 is 10.6 Å². The number of halogens is 1. The first-order valence-corrected chi connectivity index (χ1v) is 9.85. The zero-order chi connectivity index (χ0) is 19.5. The van der Waals surface area contributed by atoms with Crippen LogP contribution in [0.3, 0.4) is 0 Å². The van der Waals surface area contributed by atoms with Crippen LogP contribution in [0.1, 0.15) is 29.0 Å². The Balaban J connectivity index is 1.58. The van der Waals surface area contributed by atoms with Crippen molar-refractivity contribution in [3.05, 3.63) is 59.0 Å². The number of fused-ring (bicyclic) bond motifs is 1. The van der Waals surface area contributed by atoms with E-state index in [4.69, 9.17) is 16.3 Å². The number of carbonyl (C=O) groups is 1. The fraction of sp³-hybridized carbons (Fsp3) is 0.333. The van der Waals surface area contributed by atoms with Crippen molar-refractivity contribution in [1.82, 2.24) is 14.7 Å². The van der Waals surface area contributed by atoms with E-state index in [1.54, 1.807) is 6.20 Å². The van der Waals surface area contributed by atoms with Crippen LogP contribution in [-0.4, -0.2) is 35.1 Å². The zero-order valence-electron chi connectivity index (χ0n) is 15.7. The Morgan fingerprint density at radius 3 is 2.89 bits per heavy atom. The second kappa shape index (κ2) is 8.20. The maximum absolute atomic E-state index is 12.8. The summed E-state index contributed by atoms with van der Waals surface area (Å²) in [6.07, 6.45) is 3.59. The third-order valence-corrected chi connectivity index (χ3v) is 5.32. The predicted octanol–water partition coefficient (Wildman–Crippen LogP) is 4.20. The van der Waals surface area contributed by atoms with E-state index in [1.807, 2.05) is 47.7 Å². The Kier molecular flexibility index (Phi) is 5.50. The molecule has 0 unspecified atom stereocenters. The molecule has 1 saturated heterocycles. The maximum atomic E-state index is 12.8. The highest BCUT2D eigenvalue weighted by molar-refractivity contribution is 6.30. The molecule has 1 amide bonds. The quantitative estimate of drug-likeness (QED) is 0.676. The minimum Gasteiger partial charge on any atom is -0.381 e. The number of hydrogen-bond acceptors (Lipinski definition) is 4. The Morgan fingerprint density at radius 2 is 2.11 bits per heavy atom. The number of amides is 1. The highest BCUT2D eigenvalue weighted by atomic mass is 35.5. The van der Waals surface area contributed by atoms with E-state index in [2.05, 4.69) is 15.6 Å². The van der Waals surface area contributed by atoms with Crippen LogP contribution in [0.25, 0.3) is 5.52 Å². The van der Waals surface area contributed by atoms with Crippen LogP contribution >= 0.6 is 11.6 Å². The van der Waals surface area contributed by atoms with Gasteiger partial charge >= 0.3 is 0 Å². The van der Waals surface area contributed by atoms with Crippen LogP contribution in [0.5, 0.6) is 0 Å². The molecule has 7 heteroatoms. The average molecular weight is 399 g/mol. The van der Waals surface area contributed by atoms with Crippen LogP contribution in [-0.2, 0) is 4.74 Å². The van der Waals surface area contributed by atoms with Gasteiger partial charge in [-0.2, -0.15) is 0 Å². The second-order valence-corrected chi connectivity index (χ2v) is 7.52. The molecule has 0 aliphatic carbocycles. The van der Waals surface area contributed by atoms with Crippen molar-refractivity contribution in [3.63, 3.8) is 0 Å². The number of aryl methyl sites for hydroxylation is 1. The second-order valence-electron chi connectivity index (χ2n) is 7.09. The standard InChI is InChI=1S/C21H23ClN4O2/c1-14-5-6-18-20(25-17-4-2-3-16(22)11-17)23-13-19(26(14)18)21(27)24-12-15-7-9-28-10-8-15/h2-6,11,13,15H,7-10,12H2,1H3,(H,23,25)(H,24,27). The molecule has 0 atom stereocenters. The number of rotatable bonds is 5. The fourth-order valence-corrected chi connectivity index (χ4v) is 3.72. The van der Waals surface area contributed by atoms with Crippen molar-refractivity contribution < 1.29 is 9.53 Å². The number of aromatic nitrogens is 2. The summed E-state index contributed by atoms with van der Waals surface area (Å²) in [5, 5.41) is 7.00. The summed E-state index contributed by atoms with van der Waals surface area (Å²) < 4.78 is 7.31. The number of carbonyl (C=O) groups excluding carboxylic acids is 1. The summed E-state index contributed by atoms with van der Waals surface area (Å²) in [7, 11) is 0. The lowest BCUT2D eigenvalue weighted by Crippen LogP contribution is -2.33. The zero-order valence-corrected chi connectivity index (χ0v) is 16.5. The van der Waals surface area contributed by atoms with Crippen LogP contribution in [0.15, 0.2) is 42.6 Å². The van der Waals surface area contributed by atoms with Gasteiger partial charge in [0, 0.05) is 36.2 Å². The third-order valence-electron chi connectivity index (χ3n) is 5.09. The Hall–Kier alpha value is -2.57. The monoisotopic (exact) mass is 398 g/mol. The van der Waals surface area contributed by atoms with Gasteiger partial charge < -0.3 is 19.8 Å². The summed E-state index contributed by atoms with van der Waals surface area (Å²) in [5.74, 6) is 1.03. The average Bonchev–Trinajstić information content (AvgIpc) is 3.10. The fourth-order valence-electron chi connectivity index (χ4n) is 3.53. The molecule has 28 heavy (non-hydrogen) atoms. The van der Waals surface area contributed by atoms with Gasteiger partial charge in [-0.1, -0.05) is 17.7 Å². The van der Waals surface area contributed by atoms with E-state index in [9.17, 15) is 4.79 Å². The van der Waals surface area contributed by atoms with Gasteiger partial charge in [-0.3, -0.25) is 4.79 Å². The molecule has 0 spiro atoms. The first kappa shape index (κ1) is 18.8. The minimum atomic E-state index is -0.113. The van der Waals surface area contributed by atoms with Gasteiger partial charge in [0.25, 0.3) is 5.91 Å². The summed E-state index contributed by atoms with van der Waals surface area (Å²) in [5.41, 5.74) is 3.19. The van der Waals surface area contributed by atoms with Crippen LogP contribution in [0.2, 0.25) is 5.02 Å². The largest absolute Gasteiger partial charge is 0.381 e. The molecule has 6 nitrogen and oxygen atoms in total. The molecule has 3 aromatic rings. The highest BCUT2D eigenvalue weighted by Crippen LogP contribution is 2.25. The summed E-state index contributed by atoms with van der Waals surface area (Å²) in [6.45, 7) is 4.18. The molecule has 1 aliphatic heterocycles. The highest BCUT2D eigenvalue weighted by Gasteiger charge is 2.18. The number of nitrogens with one attached hydrogen (secondary N) is 2. The van der Waals surface area contributed by atoms with Crippen LogP contribution in [0, 0.1) is 12.8 Å². The summed E-state index contributed by atoms with van der Waals surface area (Å²) in [6, 6.07) is 11.4. The van der Waals surface area contributed by atoms with E-state index in [0.29, 0.717) is 29.0 Å². The van der Waals surface area contributed by atoms with E-state index in [0.717, 1.165) is 43.0 Å². The van der Waals surface area contributed by atoms with Gasteiger partial charge in [-0.15, -0.1) is 0 Å². The van der Waals surface area contributed by atoms with E-state index in [1.165, 1.54) is 0 Å². The molecule has 146 valence electrons. The lowest BCUT2D eigenvalue weighted by Gasteiger charge is -2.22. The molecule has 0 radical (unpaired) electrons. The smallest absolute Gasteiger partial charge is 0.269 e. The SMILES string of the molecule is Cc1ccc2c(Nc3cccc(Cl)c3)ncc(C(=O)NCC3CCOCC3)n12. The first-order valence-electron chi connectivity index (χ1n) is 9.47. The molecule has 1 aromatic carbocycles. The molecule has 2 N–H and O–H groups in total. The number of nitrogens with zero attached hydrogens (tertiary/aromatic N) is 2. The summed E-state index contributed by atoms with van der Waals surface area (Å²) >= 11 is 6.07. The maximum Gasteiger partial charge on any atom is 0.269 e. The number of benzene rings is 1. The molecule has 1 fully saturated rings. The molecule has 0 bridgehead atoms. The van der Waals surface area contributed by atoms with E-state index >= 15 is 0 Å². The number of hydrogen-bond donors (Lipinski definition) is 2. The van der Waals surface area contributed by atoms with Crippen LogP contribution in [0.4, 0.5) is 11.5 Å². The van der Waals surface area contributed by atoms with Crippen molar-refractivity contribution >= 4 is 34.5 Å². The topological polar surface area (TPSA) is 67.7 Å². The lowest BCUT2D eigenvalue weighted by atomic mass is 10.0. The van der Waals surface area contributed by atoms with Gasteiger partial charge in [-0.05, 0) is 56.0 Å². The molecule has 3 heterocycles. The predicted molar refractivity (Wildman–Crippen MR) is 111 cm³/mol. The number of anilines is 2. The van der Waals surface area contributed by atoms with E-state index < -0.39 is 0 Å². The van der Waals surface area contributed by atoms with Gasteiger partial charge in [-0.25, -0.2) is 4.98 Å². The Morgan fingerprint density at radius 1 is 1.29 bits per heavy atom. The minimum absolute atomic E-state index is 0.113. The van der Waals surface area contributed by atoms with Crippen molar-refractivity contribution in [1.29, 1.82) is 0 Å². The molecular formula is C21H23ClN4O2. The normalized spacial score (nSPS) is 14.9. The molecule has 2 aromatic heterocycles. The lowest BCUT2D eigenvalue weighted by molar-refractivity contribution is 0.0642. The van der Waals surface area contributed by atoms with Gasteiger partial charge in [0.1, 0.15) is 5.69 Å². The Labute approximate surface area is 168 Å². The first-order chi connectivity index (χ1) is 13.6. The van der Waals surface area contributed by atoms with E-state index in [-0.39, 0.29) is 5.91 Å². The molecule has 0 saturated carbocycles. The molecular weight excluding hydrogens is 376 g/mol. The van der Waals surface area contributed by atoms with Crippen molar-refractivity contribution in [3.8, 4) is 0 Å². The Bertz CT molecular complexity index is 995. The van der Waals surface area contributed by atoms with Crippen molar-refractivity contribution in [2.24, 2.45) is 5.92 Å². The van der Waals surface area contributed by atoms with Gasteiger partial charge in [0.05, 0.1) is 11.7 Å². The molecule has 4 rings (SSSR count). The van der Waals surface area contributed by atoms with Crippen molar-refractivity contribution in [2.45, 2.75) is 19.8 Å². The summed E-state index contributed by atoms with van der Waals surface area (Å²) in [4.78, 5) is 17.3. The van der Waals surface area contributed by atoms with Gasteiger partial charge in [0.15, 0.2) is 5.82 Å². The third kappa shape index (κ3) is 3.98.